The minimum atomic E-state index is -1.22. The second-order valence-corrected chi connectivity index (χ2v) is 9.92. The highest BCUT2D eigenvalue weighted by molar-refractivity contribution is 7.10. The van der Waals surface area contributed by atoms with Gasteiger partial charge in [0, 0.05) is 21.6 Å². The van der Waals surface area contributed by atoms with Gasteiger partial charge in [0.05, 0.1) is 6.42 Å². The summed E-state index contributed by atoms with van der Waals surface area (Å²) in [6.45, 7) is 0. The zero-order chi connectivity index (χ0) is 24.1. The number of amides is 2. The number of hydrogen-bond acceptors (Lipinski definition) is 3. The average Bonchev–Trinajstić information content (AvgIpc) is 3.30. The van der Waals surface area contributed by atoms with Crippen LogP contribution in [-0.4, -0.2) is 17.9 Å². The van der Waals surface area contributed by atoms with E-state index in [1.54, 1.807) is 6.07 Å². The minimum absolute atomic E-state index is 0.0183. The minimum Gasteiger partial charge on any atom is -0.351 e. The Morgan fingerprint density at radius 3 is 2.50 bits per heavy atom. The third-order valence-electron chi connectivity index (χ3n) is 5.92. The van der Waals surface area contributed by atoms with E-state index in [9.17, 15) is 18.4 Å². The van der Waals surface area contributed by atoms with Crippen LogP contribution in [0.4, 0.5) is 14.5 Å². The van der Waals surface area contributed by atoms with Gasteiger partial charge in [-0.2, -0.15) is 0 Å². The van der Waals surface area contributed by atoms with E-state index in [-0.39, 0.29) is 28.7 Å². The molecule has 1 aliphatic rings. The Labute approximate surface area is 206 Å². The first-order valence-corrected chi connectivity index (χ1v) is 12.5. The number of thiophene rings is 1. The summed E-state index contributed by atoms with van der Waals surface area (Å²) in [6.07, 6.45) is 4.82. The van der Waals surface area contributed by atoms with Crippen LogP contribution < -0.4 is 10.2 Å². The number of anilines is 1. The number of nitrogens with zero attached hydrogens (tertiary/aromatic N) is 1. The van der Waals surface area contributed by atoms with Crippen LogP contribution in [-0.2, 0) is 16.0 Å². The Balaban J connectivity index is 1.78. The summed E-state index contributed by atoms with van der Waals surface area (Å²) in [5.41, 5.74) is 0.438. The lowest BCUT2D eigenvalue weighted by Crippen LogP contribution is -2.47. The van der Waals surface area contributed by atoms with Gasteiger partial charge in [0.1, 0.15) is 17.7 Å². The van der Waals surface area contributed by atoms with Gasteiger partial charge in [0.15, 0.2) is 0 Å². The van der Waals surface area contributed by atoms with Crippen molar-refractivity contribution in [3.05, 3.63) is 87.1 Å². The quantitative estimate of drug-likeness (QED) is 0.404. The summed E-state index contributed by atoms with van der Waals surface area (Å²) in [5.74, 6) is -2.02. The van der Waals surface area contributed by atoms with Gasteiger partial charge in [-0.1, -0.05) is 43.0 Å². The van der Waals surface area contributed by atoms with E-state index in [4.69, 9.17) is 11.6 Å². The van der Waals surface area contributed by atoms with E-state index in [0.29, 0.717) is 0 Å². The Hall–Kier alpha value is -2.77. The molecule has 1 atom stereocenters. The normalized spacial score (nSPS) is 15.0. The summed E-state index contributed by atoms with van der Waals surface area (Å²) in [6, 6.07) is 11.7. The van der Waals surface area contributed by atoms with Crippen molar-refractivity contribution in [3.8, 4) is 0 Å². The van der Waals surface area contributed by atoms with Crippen LogP contribution in [0.2, 0.25) is 5.02 Å². The van der Waals surface area contributed by atoms with Crippen LogP contribution in [0, 0.1) is 11.6 Å². The van der Waals surface area contributed by atoms with Gasteiger partial charge < -0.3 is 5.32 Å². The van der Waals surface area contributed by atoms with Crippen molar-refractivity contribution in [2.45, 2.75) is 50.6 Å². The van der Waals surface area contributed by atoms with Crippen molar-refractivity contribution in [1.82, 2.24) is 5.32 Å². The van der Waals surface area contributed by atoms with Crippen molar-refractivity contribution < 1.29 is 18.4 Å². The van der Waals surface area contributed by atoms with E-state index in [1.807, 2.05) is 17.5 Å². The highest BCUT2D eigenvalue weighted by Crippen LogP contribution is 2.32. The summed E-state index contributed by atoms with van der Waals surface area (Å²) in [7, 11) is 0. The van der Waals surface area contributed by atoms with Crippen molar-refractivity contribution in [3.63, 3.8) is 0 Å². The van der Waals surface area contributed by atoms with Crippen molar-refractivity contribution in [1.29, 1.82) is 0 Å². The lowest BCUT2D eigenvalue weighted by molar-refractivity contribution is -0.127. The third kappa shape index (κ3) is 6.02. The van der Waals surface area contributed by atoms with E-state index < -0.39 is 29.5 Å². The summed E-state index contributed by atoms with van der Waals surface area (Å²) in [5, 5.41) is 5.01. The van der Waals surface area contributed by atoms with Gasteiger partial charge in [-0.05, 0) is 66.2 Å². The Morgan fingerprint density at radius 1 is 1.03 bits per heavy atom. The SMILES string of the molecule is O=C(NC1CCCCC1)C(c1cc(F)cc(Cl)c1)N(C(=O)Cc1cccs1)c1cccc(F)c1. The van der Waals surface area contributed by atoms with Crippen molar-refractivity contribution in [2.75, 3.05) is 4.90 Å². The molecule has 178 valence electrons. The molecule has 1 aromatic heterocycles. The van der Waals surface area contributed by atoms with Gasteiger partial charge in [-0.25, -0.2) is 8.78 Å². The third-order valence-corrected chi connectivity index (χ3v) is 7.01. The number of hydrogen-bond donors (Lipinski definition) is 1. The number of rotatable bonds is 7. The predicted molar refractivity (Wildman–Crippen MR) is 131 cm³/mol. The van der Waals surface area contributed by atoms with Crippen LogP contribution >= 0.6 is 22.9 Å². The summed E-state index contributed by atoms with van der Waals surface area (Å²) < 4.78 is 28.6. The maximum atomic E-state index is 14.4. The Morgan fingerprint density at radius 2 is 1.82 bits per heavy atom. The first-order valence-electron chi connectivity index (χ1n) is 11.3. The largest absolute Gasteiger partial charge is 0.351 e. The van der Waals surface area contributed by atoms with Crippen molar-refractivity contribution >= 4 is 40.4 Å². The number of benzene rings is 2. The molecule has 0 saturated heterocycles. The zero-order valence-electron chi connectivity index (χ0n) is 18.5. The molecular formula is C26H25ClF2N2O2S. The van der Waals surface area contributed by atoms with Gasteiger partial charge in [0.2, 0.25) is 11.8 Å². The molecule has 1 aliphatic carbocycles. The molecule has 1 saturated carbocycles. The lowest BCUT2D eigenvalue weighted by Gasteiger charge is -2.33. The molecule has 1 fully saturated rings. The fourth-order valence-corrected chi connectivity index (χ4v) is 5.31. The van der Waals surface area contributed by atoms with Crippen LogP contribution in [0.25, 0.3) is 0 Å². The van der Waals surface area contributed by atoms with E-state index in [2.05, 4.69) is 5.32 Å². The van der Waals surface area contributed by atoms with E-state index in [0.717, 1.165) is 43.0 Å². The number of carbonyl (C=O) groups excluding carboxylic acids is 2. The van der Waals surface area contributed by atoms with Crippen molar-refractivity contribution in [2.24, 2.45) is 0 Å². The van der Waals surface area contributed by atoms with Gasteiger partial charge in [-0.3, -0.25) is 14.5 Å². The van der Waals surface area contributed by atoms with Gasteiger partial charge in [0.25, 0.3) is 0 Å². The molecule has 2 amide bonds. The molecule has 1 heterocycles. The first kappa shape index (κ1) is 24.4. The van der Waals surface area contributed by atoms with Crippen LogP contribution in [0.1, 0.15) is 48.6 Å². The molecule has 1 N–H and O–H groups in total. The van der Waals surface area contributed by atoms with E-state index in [1.165, 1.54) is 46.6 Å². The topological polar surface area (TPSA) is 49.4 Å². The van der Waals surface area contributed by atoms with Gasteiger partial charge >= 0.3 is 0 Å². The molecule has 0 radical (unpaired) electrons. The molecule has 2 aromatic carbocycles. The Bertz CT molecular complexity index is 1130. The van der Waals surface area contributed by atoms with Crippen LogP contribution in [0.5, 0.6) is 0 Å². The molecule has 8 heteroatoms. The number of nitrogens with one attached hydrogen (secondary N) is 1. The van der Waals surface area contributed by atoms with Crippen LogP contribution in [0.3, 0.4) is 0 Å². The first-order chi connectivity index (χ1) is 16.4. The molecule has 1 unspecified atom stereocenters. The zero-order valence-corrected chi connectivity index (χ0v) is 20.0. The molecule has 0 aliphatic heterocycles. The molecule has 34 heavy (non-hydrogen) atoms. The summed E-state index contributed by atoms with van der Waals surface area (Å²) in [4.78, 5) is 29.3. The Kier molecular flexibility index (Phi) is 7.95. The fraction of sp³-hybridized carbons (Fsp3) is 0.308. The number of halogens is 3. The predicted octanol–water partition coefficient (Wildman–Crippen LogP) is 6.45. The highest BCUT2D eigenvalue weighted by Gasteiger charge is 2.35. The van der Waals surface area contributed by atoms with Gasteiger partial charge in [-0.15, -0.1) is 11.3 Å². The lowest BCUT2D eigenvalue weighted by atomic mass is 9.94. The number of carbonyl (C=O) groups is 2. The summed E-state index contributed by atoms with van der Waals surface area (Å²) >= 11 is 7.54. The maximum Gasteiger partial charge on any atom is 0.248 e. The molecule has 0 spiro atoms. The monoisotopic (exact) mass is 502 g/mol. The molecule has 4 rings (SSSR count). The standard InChI is InChI=1S/C26H25ClF2N2O2S/c27-18-12-17(13-20(29)14-18)25(26(33)30-21-7-2-1-3-8-21)31(22-9-4-6-19(28)15-22)24(32)16-23-10-5-11-34-23/h4-6,9-15,21,25H,1-3,7-8,16H2,(H,30,33). The van der Waals surface area contributed by atoms with Crippen LogP contribution in [0.15, 0.2) is 60.0 Å². The molecular weight excluding hydrogens is 478 g/mol. The molecule has 4 nitrogen and oxygen atoms in total. The second kappa shape index (κ2) is 11.1. The average molecular weight is 503 g/mol. The molecule has 0 bridgehead atoms. The highest BCUT2D eigenvalue weighted by atomic mass is 35.5. The van der Waals surface area contributed by atoms with E-state index >= 15 is 0 Å². The maximum absolute atomic E-state index is 14.4. The fourth-order valence-electron chi connectivity index (χ4n) is 4.39. The smallest absolute Gasteiger partial charge is 0.248 e. The second-order valence-electron chi connectivity index (χ2n) is 8.45. The molecule has 3 aromatic rings.